The minimum absolute atomic E-state index is 0.0616. The summed E-state index contributed by atoms with van der Waals surface area (Å²) in [6.07, 6.45) is 0. The number of nitrogens with one attached hydrogen (secondary N) is 2. The normalized spacial score (nSPS) is 32.6. The summed E-state index contributed by atoms with van der Waals surface area (Å²) in [6, 6.07) is 17.3. The fourth-order valence-corrected chi connectivity index (χ4v) is 5.81. The van der Waals surface area contributed by atoms with Gasteiger partial charge in [0.05, 0.1) is 17.3 Å². The molecule has 0 aromatic heterocycles. The number of hydrogen-bond acceptors (Lipinski definition) is 4. The van der Waals surface area contributed by atoms with Gasteiger partial charge in [-0.2, -0.15) is 0 Å². The monoisotopic (exact) mass is 352 g/mol. The fourth-order valence-electron chi connectivity index (χ4n) is 4.15. The van der Waals surface area contributed by atoms with Crippen molar-refractivity contribution in [2.45, 2.75) is 22.6 Å². The number of hydrogen-bond donors (Lipinski definition) is 2. The Morgan fingerprint density at radius 3 is 2.48 bits per heavy atom. The summed E-state index contributed by atoms with van der Waals surface area (Å²) in [6.45, 7) is 0. The summed E-state index contributed by atoms with van der Waals surface area (Å²) in [4.78, 5) is 24.8. The Kier molecular flexibility index (Phi) is 3.28. The summed E-state index contributed by atoms with van der Waals surface area (Å²) in [5, 5.41) is 5.87. The van der Waals surface area contributed by atoms with Gasteiger partial charge >= 0.3 is 12.0 Å². The third kappa shape index (κ3) is 2.24. The number of rotatable bonds is 1. The highest BCUT2D eigenvalue weighted by atomic mass is 32.2. The second-order valence-corrected chi connectivity index (χ2v) is 7.83. The summed E-state index contributed by atoms with van der Waals surface area (Å²) in [7, 11) is 0. The van der Waals surface area contributed by atoms with Gasteiger partial charge in [0.25, 0.3) is 0 Å². The standard InChI is InChI=1S/C19H16N2O3S/c22-18-14-13(11-8-4-5-9-12(11)24-18)15-17(21-19(23)20-15)25-16(14)10-6-2-1-3-7-10/h1-9,13-17H,(H2,20,21,23). The first kappa shape index (κ1) is 14.8. The first-order valence-electron chi connectivity index (χ1n) is 8.30. The van der Waals surface area contributed by atoms with Crippen molar-refractivity contribution in [2.75, 3.05) is 0 Å². The molecule has 5 rings (SSSR count). The first-order valence-corrected chi connectivity index (χ1v) is 9.25. The van der Waals surface area contributed by atoms with E-state index in [0.717, 1.165) is 11.1 Å². The van der Waals surface area contributed by atoms with E-state index in [2.05, 4.69) is 10.6 Å². The van der Waals surface area contributed by atoms with E-state index in [9.17, 15) is 9.59 Å². The Morgan fingerprint density at radius 1 is 0.880 bits per heavy atom. The zero-order valence-electron chi connectivity index (χ0n) is 13.2. The zero-order valence-corrected chi connectivity index (χ0v) is 14.0. The van der Waals surface area contributed by atoms with Crippen molar-refractivity contribution in [3.63, 3.8) is 0 Å². The van der Waals surface area contributed by atoms with Crippen LogP contribution in [0.1, 0.15) is 22.3 Å². The maximum Gasteiger partial charge on any atom is 0.316 e. The van der Waals surface area contributed by atoms with Crippen LogP contribution >= 0.6 is 11.8 Å². The Bertz CT molecular complexity index is 857. The molecule has 3 aliphatic rings. The third-order valence-electron chi connectivity index (χ3n) is 5.18. The Balaban J connectivity index is 1.66. The highest BCUT2D eigenvalue weighted by molar-refractivity contribution is 8.00. The SMILES string of the molecule is O=C1NC2SC(c3ccccc3)C3C(=O)Oc4ccccc4C3C2N1. The number of benzene rings is 2. The maximum absolute atomic E-state index is 12.9. The zero-order chi connectivity index (χ0) is 17.0. The Hall–Kier alpha value is -2.47. The Labute approximate surface area is 149 Å². The molecule has 0 spiro atoms. The molecule has 2 N–H and O–H groups in total. The molecule has 5 nitrogen and oxygen atoms in total. The largest absolute Gasteiger partial charge is 0.426 e. The average molecular weight is 352 g/mol. The van der Waals surface area contributed by atoms with Gasteiger partial charge in [-0.25, -0.2) is 4.79 Å². The van der Waals surface area contributed by atoms with Crippen LogP contribution in [0.25, 0.3) is 0 Å². The van der Waals surface area contributed by atoms with Gasteiger partial charge in [0, 0.05) is 16.7 Å². The van der Waals surface area contributed by atoms with Gasteiger partial charge in [-0.1, -0.05) is 48.5 Å². The summed E-state index contributed by atoms with van der Waals surface area (Å²) < 4.78 is 5.64. The second-order valence-electron chi connectivity index (χ2n) is 6.54. The van der Waals surface area contributed by atoms with Gasteiger partial charge < -0.3 is 15.4 Å². The minimum Gasteiger partial charge on any atom is -0.426 e. The number of fused-ring (bicyclic) bond motifs is 5. The van der Waals surface area contributed by atoms with E-state index in [0.29, 0.717) is 5.75 Å². The van der Waals surface area contributed by atoms with Crippen molar-refractivity contribution >= 4 is 23.8 Å². The van der Waals surface area contributed by atoms with Crippen LogP contribution in [0.5, 0.6) is 5.75 Å². The van der Waals surface area contributed by atoms with Crippen molar-refractivity contribution in [1.29, 1.82) is 0 Å². The fraction of sp³-hybridized carbons (Fsp3) is 0.263. The van der Waals surface area contributed by atoms with Gasteiger partial charge in [0.1, 0.15) is 5.75 Å². The van der Waals surface area contributed by atoms with E-state index in [1.165, 1.54) is 0 Å². The number of amides is 2. The van der Waals surface area contributed by atoms with E-state index in [1.807, 2.05) is 54.6 Å². The molecule has 3 aliphatic heterocycles. The molecule has 5 unspecified atom stereocenters. The van der Waals surface area contributed by atoms with Gasteiger partial charge in [-0.05, 0) is 11.6 Å². The van der Waals surface area contributed by atoms with Crippen molar-refractivity contribution in [2.24, 2.45) is 5.92 Å². The number of para-hydroxylation sites is 1. The molecular weight excluding hydrogens is 336 g/mol. The van der Waals surface area contributed by atoms with Crippen molar-refractivity contribution in [3.8, 4) is 5.75 Å². The third-order valence-corrected chi connectivity index (χ3v) is 6.74. The average Bonchev–Trinajstić information content (AvgIpc) is 3.01. The highest BCUT2D eigenvalue weighted by Crippen LogP contribution is 2.56. The molecule has 5 atom stereocenters. The van der Waals surface area contributed by atoms with Crippen LogP contribution in [0.4, 0.5) is 4.79 Å². The van der Waals surface area contributed by atoms with Gasteiger partial charge in [-0.15, -0.1) is 11.8 Å². The molecule has 2 amide bonds. The number of thioether (sulfide) groups is 1. The van der Waals surface area contributed by atoms with E-state index in [1.54, 1.807) is 11.8 Å². The number of ether oxygens (including phenoxy) is 1. The van der Waals surface area contributed by atoms with Crippen LogP contribution < -0.4 is 15.4 Å². The van der Waals surface area contributed by atoms with E-state index < -0.39 is 0 Å². The van der Waals surface area contributed by atoms with Crippen LogP contribution in [-0.2, 0) is 4.79 Å². The summed E-state index contributed by atoms with van der Waals surface area (Å²) in [5.41, 5.74) is 2.07. The number of carbonyl (C=O) groups excluding carboxylic acids is 2. The van der Waals surface area contributed by atoms with Gasteiger partial charge in [0.2, 0.25) is 0 Å². The maximum atomic E-state index is 12.9. The Morgan fingerprint density at radius 2 is 1.64 bits per heavy atom. The quantitative estimate of drug-likeness (QED) is 0.612. The number of carbonyl (C=O) groups is 2. The van der Waals surface area contributed by atoms with Crippen LogP contribution in [0, 0.1) is 5.92 Å². The lowest BCUT2D eigenvalue weighted by Gasteiger charge is -2.45. The molecule has 126 valence electrons. The first-order chi connectivity index (χ1) is 12.2. The van der Waals surface area contributed by atoms with E-state index in [4.69, 9.17) is 4.74 Å². The number of esters is 1. The lowest BCUT2D eigenvalue weighted by Crippen LogP contribution is -2.51. The summed E-state index contributed by atoms with van der Waals surface area (Å²) in [5.74, 6) is -0.0476. The van der Waals surface area contributed by atoms with Crippen LogP contribution in [0.2, 0.25) is 0 Å². The predicted octanol–water partition coefficient (Wildman–Crippen LogP) is 2.80. The van der Waals surface area contributed by atoms with Crippen molar-refractivity contribution in [1.82, 2.24) is 10.6 Å². The predicted molar refractivity (Wildman–Crippen MR) is 94.3 cm³/mol. The van der Waals surface area contributed by atoms with E-state index >= 15 is 0 Å². The lowest BCUT2D eigenvalue weighted by molar-refractivity contribution is -0.141. The molecule has 0 aliphatic carbocycles. The molecule has 25 heavy (non-hydrogen) atoms. The molecular formula is C19H16N2O3S. The molecule has 2 aromatic rings. The molecule has 2 fully saturated rings. The molecule has 0 saturated carbocycles. The van der Waals surface area contributed by atoms with Crippen LogP contribution in [0.3, 0.4) is 0 Å². The molecule has 2 aromatic carbocycles. The number of urea groups is 1. The van der Waals surface area contributed by atoms with Crippen LogP contribution in [-0.4, -0.2) is 23.4 Å². The molecule has 3 heterocycles. The molecule has 2 saturated heterocycles. The second kappa shape index (κ2) is 5.52. The lowest BCUT2D eigenvalue weighted by atomic mass is 9.75. The smallest absolute Gasteiger partial charge is 0.316 e. The summed E-state index contributed by atoms with van der Waals surface area (Å²) >= 11 is 1.63. The highest BCUT2D eigenvalue weighted by Gasteiger charge is 2.55. The molecule has 0 radical (unpaired) electrons. The van der Waals surface area contributed by atoms with Crippen LogP contribution in [0.15, 0.2) is 54.6 Å². The van der Waals surface area contributed by atoms with Gasteiger partial charge in [0.15, 0.2) is 0 Å². The van der Waals surface area contributed by atoms with Gasteiger partial charge in [-0.3, -0.25) is 4.79 Å². The minimum atomic E-state index is -0.330. The van der Waals surface area contributed by atoms with Crippen molar-refractivity contribution < 1.29 is 14.3 Å². The molecule has 6 heteroatoms. The topological polar surface area (TPSA) is 67.4 Å². The van der Waals surface area contributed by atoms with E-state index in [-0.39, 0.29) is 40.5 Å². The molecule has 0 bridgehead atoms. The van der Waals surface area contributed by atoms with Crippen molar-refractivity contribution in [3.05, 3.63) is 65.7 Å².